The van der Waals surface area contributed by atoms with Gasteiger partial charge in [-0.1, -0.05) is 62.2 Å². The normalized spacial score (nSPS) is 10.5. The van der Waals surface area contributed by atoms with Crippen molar-refractivity contribution in [2.75, 3.05) is 6.61 Å². The van der Waals surface area contributed by atoms with E-state index in [4.69, 9.17) is 14.7 Å². The fraction of sp³-hybridized carbons (Fsp3) is 0.321. The smallest absolute Gasteiger partial charge is 0.131 e. The highest BCUT2D eigenvalue weighted by atomic mass is 19.1. The second-order valence-corrected chi connectivity index (χ2v) is 7.76. The Morgan fingerprint density at radius 2 is 1.59 bits per heavy atom. The van der Waals surface area contributed by atoms with Crippen LogP contribution in [0.4, 0.5) is 4.39 Å². The van der Waals surface area contributed by atoms with Crippen molar-refractivity contribution in [3.8, 4) is 28.7 Å². The van der Waals surface area contributed by atoms with Gasteiger partial charge in [0.1, 0.15) is 23.9 Å². The Labute approximate surface area is 190 Å². The third-order valence-electron chi connectivity index (χ3n) is 5.38. The lowest BCUT2D eigenvalue weighted by atomic mass is 9.99. The van der Waals surface area contributed by atoms with Crippen molar-refractivity contribution >= 4 is 0 Å². The predicted molar refractivity (Wildman–Crippen MR) is 126 cm³/mol. The molecular formula is C28H30FNO2. The van der Waals surface area contributed by atoms with E-state index in [9.17, 15) is 4.39 Å². The third kappa shape index (κ3) is 6.85. The van der Waals surface area contributed by atoms with Crippen LogP contribution in [-0.4, -0.2) is 6.61 Å². The maximum atomic E-state index is 13.5. The molecule has 0 atom stereocenters. The molecule has 3 nitrogen and oxygen atoms in total. The van der Waals surface area contributed by atoms with Gasteiger partial charge in [-0.3, -0.25) is 0 Å². The lowest BCUT2D eigenvalue weighted by Gasteiger charge is -2.18. The molecule has 4 heteroatoms. The lowest BCUT2D eigenvalue weighted by Crippen LogP contribution is -2.03. The summed E-state index contributed by atoms with van der Waals surface area (Å²) in [6.07, 6.45) is 5.44. The molecule has 0 aliphatic rings. The van der Waals surface area contributed by atoms with E-state index < -0.39 is 0 Å². The molecule has 0 unspecified atom stereocenters. The molecule has 0 spiro atoms. The number of hydrogen-bond acceptors (Lipinski definition) is 3. The molecule has 3 aromatic rings. The van der Waals surface area contributed by atoms with Gasteiger partial charge in [-0.05, 0) is 54.2 Å². The minimum Gasteiger partial charge on any atom is -0.493 e. The summed E-state index contributed by atoms with van der Waals surface area (Å²) in [5.74, 6) is 1.30. The fourth-order valence-corrected chi connectivity index (χ4v) is 3.57. The zero-order chi connectivity index (χ0) is 22.6. The Kier molecular flexibility index (Phi) is 9.13. The summed E-state index contributed by atoms with van der Waals surface area (Å²) < 4.78 is 25.8. The van der Waals surface area contributed by atoms with Crippen LogP contribution in [0.2, 0.25) is 0 Å². The van der Waals surface area contributed by atoms with Gasteiger partial charge in [-0.25, -0.2) is 4.39 Å². The zero-order valence-electron chi connectivity index (χ0n) is 18.6. The highest BCUT2D eigenvalue weighted by molar-refractivity contribution is 5.73. The second-order valence-electron chi connectivity index (χ2n) is 7.76. The molecule has 32 heavy (non-hydrogen) atoms. The molecular weight excluding hydrogens is 401 g/mol. The summed E-state index contributed by atoms with van der Waals surface area (Å²) in [7, 11) is 0. The van der Waals surface area contributed by atoms with Crippen molar-refractivity contribution in [1.29, 1.82) is 5.26 Å². The molecule has 0 heterocycles. The first kappa shape index (κ1) is 23.3. The second kappa shape index (κ2) is 12.5. The van der Waals surface area contributed by atoms with Crippen LogP contribution in [0.5, 0.6) is 11.5 Å². The van der Waals surface area contributed by atoms with Crippen LogP contribution < -0.4 is 9.47 Å². The summed E-state index contributed by atoms with van der Waals surface area (Å²) in [5, 5.41) is 8.63. The van der Waals surface area contributed by atoms with Crippen LogP contribution in [-0.2, 0) is 13.0 Å². The number of unbranched alkanes of at least 4 members (excludes halogenated alkanes) is 4. The summed E-state index contributed by atoms with van der Waals surface area (Å²) in [6, 6.07) is 22.8. The van der Waals surface area contributed by atoms with Crippen molar-refractivity contribution in [3.63, 3.8) is 0 Å². The van der Waals surface area contributed by atoms with Gasteiger partial charge in [0.05, 0.1) is 12.7 Å². The van der Waals surface area contributed by atoms with Crippen molar-refractivity contribution < 1.29 is 13.9 Å². The van der Waals surface area contributed by atoms with Gasteiger partial charge in [0, 0.05) is 18.1 Å². The van der Waals surface area contributed by atoms with Crippen LogP contribution in [0.1, 0.15) is 50.2 Å². The lowest BCUT2D eigenvalue weighted by molar-refractivity contribution is 0.289. The van der Waals surface area contributed by atoms with Crippen LogP contribution >= 0.6 is 0 Å². The maximum Gasteiger partial charge on any atom is 0.131 e. The number of hydrogen-bond donors (Lipinski definition) is 0. The van der Waals surface area contributed by atoms with Gasteiger partial charge in [0.15, 0.2) is 0 Å². The van der Waals surface area contributed by atoms with Crippen LogP contribution in [0.3, 0.4) is 0 Å². The summed E-state index contributed by atoms with van der Waals surface area (Å²) in [6.45, 7) is 3.18. The molecule has 0 radical (unpaired) electrons. The van der Waals surface area contributed by atoms with Crippen molar-refractivity contribution in [1.82, 2.24) is 0 Å². The molecule has 0 bridgehead atoms. The van der Waals surface area contributed by atoms with E-state index in [0.717, 1.165) is 65.9 Å². The van der Waals surface area contributed by atoms with E-state index in [1.54, 1.807) is 12.1 Å². The third-order valence-corrected chi connectivity index (χ3v) is 5.38. The minimum absolute atomic E-state index is 0.258. The molecule has 0 aliphatic carbocycles. The molecule has 0 saturated heterocycles. The Balaban J connectivity index is 1.79. The molecule has 0 saturated carbocycles. The van der Waals surface area contributed by atoms with Gasteiger partial charge in [0.2, 0.25) is 0 Å². The van der Waals surface area contributed by atoms with Crippen LogP contribution in [0.15, 0.2) is 66.7 Å². The zero-order valence-corrected chi connectivity index (χ0v) is 18.6. The van der Waals surface area contributed by atoms with Crippen LogP contribution in [0, 0.1) is 17.1 Å². The minimum atomic E-state index is -0.258. The summed E-state index contributed by atoms with van der Waals surface area (Å²) in [4.78, 5) is 0. The standard InChI is InChI=1S/C28H30FNO2/c1-2-23-19-26(24-13-15-25(29)16-14-24)28(32-21-22-11-7-6-8-12-22)20-27(23)31-18-10-5-3-4-9-17-30/h6-8,11-16,19-20H,2-5,9-10,18,21H2,1H3. The first-order chi connectivity index (χ1) is 15.7. The Morgan fingerprint density at radius 3 is 2.31 bits per heavy atom. The van der Waals surface area contributed by atoms with Gasteiger partial charge in [0.25, 0.3) is 0 Å². The number of nitriles is 1. The monoisotopic (exact) mass is 431 g/mol. The molecule has 3 rings (SSSR count). The number of nitrogens with zero attached hydrogens (tertiary/aromatic N) is 1. The van der Waals surface area contributed by atoms with E-state index in [2.05, 4.69) is 19.1 Å². The molecule has 0 aliphatic heterocycles. The quantitative estimate of drug-likeness (QED) is 0.279. The highest BCUT2D eigenvalue weighted by Gasteiger charge is 2.14. The first-order valence-electron chi connectivity index (χ1n) is 11.3. The SMILES string of the molecule is CCc1cc(-c2ccc(F)cc2)c(OCc2ccccc2)cc1OCCCCCCC#N. The Hall–Kier alpha value is -3.32. The first-order valence-corrected chi connectivity index (χ1v) is 11.3. The molecule has 0 N–H and O–H groups in total. The predicted octanol–water partition coefficient (Wildman–Crippen LogP) is 7.49. The van der Waals surface area contributed by atoms with E-state index in [1.807, 2.05) is 36.4 Å². The maximum absolute atomic E-state index is 13.5. The summed E-state index contributed by atoms with van der Waals surface area (Å²) >= 11 is 0. The van der Waals surface area contributed by atoms with E-state index in [1.165, 1.54) is 12.1 Å². The van der Waals surface area contributed by atoms with Crippen molar-refractivity contribution in [3.05, 3.63) is 83.7 Å². The highest BCUT2D eigenvalue weighted by Crippen LogP contribution is 2.37. The number of halogens is 1. The number of rotatable bonds is 12. The number of aryl methyl sites for hydroxylation is 1. The van der Waals surface area contributed by atoms with Crippen molar-refractivity contribution in [2.45, 2.75) is 52.1 Å². The molecule has 3 aromatic carbocycles. The topological polar surface area (TPSA) is 42.2 Å². The van der Waals surface area contributed by atoms with E-state index in [-0.39, 0.29) is 5.82 Å². The van der Waals surface area contributed by atoms with Gasteiger partial charge in [-0.2, -0.15) is 5.26 Å². The molecule has 166 valence electrons. The average Bonchev–Trinajstić information content (AvgIpc) is 2.83. The van der Waals surface area contributed by atoms with Gasteiger partial charge in [-0.15, -0.1) is 0 Å². The number of benzene rings is 3. The fourth-order valence-electron chi connectivity index (χ4n) is 3.57. The average molecular weight is 432 g/mol. The van der Waals surface area contributed by atoms with Gasteiger partial charge >= 0.3 is 0 Å². The van der Waals surface area contributed by atoms with E-state index in [0.29, 0.717) is 19.6 Å². The number of ether oxygens (including phenoxy) is 2. The summed E-state index contributed by atoms with van der Waals surface area (Å²) in [5.41, 5.74) is 4.02. The van der Waals surface area contributed by atoms with Crippen molar-refractivity contribution in [2.24, 2.45) is 0 Å². The largest absolute Gasteiger partial charge is 0.493 e. The Bertz CT molecular complexity index is 1010. The molecule has 0 aromatic heterocycles. The molecule has 0 fully saturated rings. The molecule has 0 amide bonds. The van der Waals surface area contributed by atoms with Gasteiger partial charge < -0.3 is 9.47 Å². The van der Waals surface area contributed by atoms with E-state index >= 15 is 0 Å². The Morgan fingerprint density at radius 1 is 0.844 bits per heavy atom. The van der Waals surface area contributed by atoms with Crippen LogP contribution in [0.25, 0.3) is 11.1 Å².